The minimum Gasteiger partial charge on any atom is -0.481 e. The maximum atomic E-state index is 11.4. The Morgan fingerprint density at radius 3 is 2.53 bits per heavy atom. The Hall–Kier alpha value is -1.30. The summed E-state index contributed by atoms with van der Waals surface area (Å²) in [5.41, 5.74) is -0.182. The van der Waals surface area contributed by atoms with Gasteiger partial charge in [0.05, 0.1) is 5.60 Å². The highest BCUT2D eigenvalue weighted by atomic mass is 16.5. The van der Waals surface area contributed by atoms with Crippen LogP contribution < -0.4 is 10.6 Å². The van der Waals surface area contributed by atoms with Crippen molar-refractivity contribution in [3.8, 4) is 0 Å². The minimum atomic E-state index is -0.847. The Morgan fingerprint density at radius 2 is 2.06 bits per heavy atom. The lowest BCUT2D eigenvalue weighted by Crippen LogP contribution is -2.51. The fourth-order valence-electron chi connectivity index (χ4n) is 1.77. The average molecular weight is 244 g/mol. The predicted octanol–water partition coefficient (Wildman–Crippen LogP) is 0.719. The van der Waals surface area contributed by atoms with E-state index in [0.717, 1.165) is 19.3 Å². The van der Waals surface area contributed by atoms with Crippen LogP contribution in [-0.2, 0) is 9.53 Å². The lowest BCUT2D eigenvalue weighted by molar-refractivity contribution is -0.137. The number of hydrogen-bond acceptors (Lipinski definition) is 3. The van der Waals surface area contributed by atoms with Gasteiger partial charge in [0.1, 0.15) is 0 Å². The number of carboxylic acid groups (broad SMARTS) is 1. The summed E-state index contributed by atoms with van der Waals surface area (Å²) in [4.78, 5) is 21.6. The molecule has 6 nitrogen and oxygen atoms in total. The zero-order valence-electron chi connectivity index (χ0n) is 10.1. The first-order valence-electron chi connectivity index (χ1n) is 5.87. The van der Waals surface area contributed by atoms with Gasteiger partial charge in [0.15, 0.2) is 0 Å². The van der Waals surface area contributed by atoms with Crippen molar-refractivity contribution < 1.29 is 19.4 Å². The van der Waals surface area contributed by atoms with Crippen LogP contribution in [0.3, 0.4) is 0 Å². The zero-order chi connectivity index (χ0) is 12.7. The molecule has 1 rings (SSSR count). The van der Waals surface area contributed by atoms with Gasteiger partial charge in [-0.1, -0.05) is 0 Å². The van der Waals surface area contributed by atoms with Crippen molar-refractivity contribution in [3.05, 3.63) is 0 Å². The van der Waals surface area contributed by atoms with E-state index in [2.05, 4.69) is 10.6 Å². The number of methoxy groups -OCH3 is 1. The van der Waals surface area contributed by atoms with Crippen LogP contribution in [0.5, 0.6) is 0 Å². The number of hydrogen-bond donors (Lipinski definition) is 3. The highest BCUT2D eigenvalue weighted by Crippen LogP contribution is 2.34. The summed E-state index contributed by atoms with van der Waals surface area (Å²) in [5, 5.41) is 13.8. The van der Waals surface area contributed by atoms with Crippen LogP contribution in [0.25, 0.3) is 0 Å². The van der Waals surface area contributed by atoms with Crippen LogP contribution in [0.1, 0.15) is 32.1 Å². The molecule has 0 bridgehead atoms. The highest BCUT2D eigenvalue weighted by Gasteiger charge is 2.37. The minimum absolute atomic E-state index is 0.0717. The van der Waals surface area contributed by atoms with E-state index in [1.807, 2.05) is 0 Å². The Labute approximate surface area is 101 Å². The number of amides is 2. The van der Waals surface area contributed by atoms with Crippen LogP contribution in [0.2, 0.25) is 0 Å². The summed E-state index contributed by atoms with van der Waals surface area (Å²) in [6, 6.07) is -0.265. The number of carboxylic acids is 1. The summed E-state index contributed by atoms with van der Waals surface area (Å²) in [6.07, 6.45) is 3.60. The summed E-state index contributed by atoms with van der Waals surface area (Å²) >= 11 is 0. The standard InChI is InChI=1S/C11H20N2O4/c1-17-11(5-3-6-11)8-13-10(16)12-7-2-4-9(14)15/h2-8H2,1H3,(H,14,15)(H2,12,13,16). The second-order valence-corrected chi connectivity index (χ2v) is 4.35. The molecule has 0 aromatic carbocycles. The molecule has 98 valence electrons. The van der Waals surface area contributed by atoms with Crippen molar-refractivity contribution in [1.29, 1.82) is 0 Å². The monoisotopic (exact) mass is 244 g/mol. The maximum Gasteiger partial charge on any atom is 0.314 e. The van der Waals surface area contributed by atoms with E-state index in [1.54, 1.807) is 7.11 Å². The molecule has 17 heavy (non-hydrogen) atoms. The first-order valence-corrected chi connectivity index (χ1v) is 5.87. The molecule has 6 heteroatoms. The molecule has 0 saturated heterocycles. The summed E-state index contributed by atoms with van der Waals surface area (Å²) in [6.45, 7) is 0.881. The van der Waals surface area contributed by atoms with Gasteiger partial charge in [0.25, 0.3) is 0 Å². The number of aliphatic carboxylic acids is 1. The number of nitrogens with one attached hydrogen (secondary N) is 2. The molecule has 0 aliphatic heterocycles. The number of urea groups is 1. The van der Waals surface area contributed by atoms with Gasteiger partial charge in [-0.3, -0.25) is 4.79 Å². The summed E-state index contributed by atoms with van der Waals surface area (Å²) < 4.78 is 5.36. The first-order chi connectivity index (χ1) is 8.08. The van der Waals surface area contributed by atoms with Gasteiger partial charge in [-0.15, -0.1) is 0 Å². The fraction of sp³-hybridized carbons (Fsp3) is 0.818. The quantitative estimate of drug-likeness (QED) is 0.576. The molecule has 1 fully saturated rings. The SMILES string of the molecule is COC1(CNC(=O)NCCCC(=O)O)CCC1. The van der Waals surface area contributed by atoms with Gasteiger partial charge in [-0.25, -0.2) is 4.79 Å². The lowest BCUT2D eigenvalue weighted by Gasteiger charge is -2.40. The van der Waals surface area contributed by atoms with Crippen molar-refractivity contribution in [3.63, 3.8) is 0 Å². The van der Waals surface area contributed by atoms with E-state index in [9.17, 15) is 9.59 Å². The van der Waals surface area contributed by atoms with Crippen LogP contribution in [0.15, 0.2) is 0 Å². The molecule has 0 aromatic heterocycles. The number of carbonyl (C=O) groups excluding carboxylic acids is 1. The molecular formula is C11H20N2O4. The number of ether oxygens (including phenoxy) is 1. The smallest absolute Gasteiger partial charge is 0.314 e. The largest absolute Gasteiger partial charge is 0.481 e. The Bertz CT molecular complexity index is 271. The van der Waals surface area contributed by atoms with Gasteiger partial charge in [0.2, 0.25) is 0 Å². The molecule has 0 aromatic rings. The van der Waals surface area contributed by atoms with E-state index in [0.29, 0.717) is 19.5 Å². The zero-order valence-corrected chi connectivity index (χ0v) is 10.1. The van der Waals surface area contributed by atoms with Crippen molar-refractivity contribution in [2.24, 2.45) is 0 Å². The molecule has 0 atom stereocenters. The molecule has 0 radical (unpaired) electrons. The van der Waals surface area contributed by atoms with Gasteiger partial charge in [-0.2, -0.15) is 0 Å². The third kappa shape index (κ3) is 4.60. The fourth-order valence-corrected chi connectivity index (χ4v) is 1.77. The number of carbonyl (C=O) groups is 2. The molecular weight excluding hydrogens is 224 g/mol. The second kappa shape index (κ2) is 6.44. The average Bonchev–Trinajstić information content (AvgIpc) is 2.23. The van der Waals surface area contributed by atoms with Crippen molar-refractivity contribution >= 4 is 12.0 Å². The normalized spacial score (nSPS) is 17.0. The van der Waals surface area contributed by atoms with Crippen molar-refractivity contribution in [1.82, 2.24) is 10.6 Å². The Kier molecular flexibility index (Phi) is 5.21. The first kappa shape index (κ1) is 13.8. The molecule has 0 spiro atoms. The summed E-state index contributed by atoms with van der Waals surface area (Å²) in [5.74, 6) is -0.847. The van der Waals surface area contributed by atoms with E-state index >= 15 is 0 Å². The predicted molar refractivity (Wildman–Crippen MR) is 61.9 cm³/mol. The van der Waals surface area contributed by atoms with E-state index in [4.69, 9.17) is 9.84 Å². The summed E-state index contributed by atoms with van der Waals surface area (Å²) in [7, 11) is 1.66. The third-order valence-corrected chi connectivity index (χ3v) is 3.12. The van der Waals surface area contributed by atoms with E-state index in [1.165, 1.54) is 0 Å². The molecule has 1 aliphatic rings. The molecule has 1 saturated carbocycles. The molecule has 0 unspecified atom stereocenters. The molecule has 1 aliphatic carbocycles. The molecule has 2 amide bonds. The number of rotatable bonds is 7. The lowest BCUT2D eigenvalue weighted by atomic mass is 9.80. The topological polar surface area (TPSA) is 87.7 Å². The molecule has 3 N–H and O–H groups in total. The van der Waals surface area contributed by atoms with Gasteiger partial charge < -0.3 is 20.5 Å². The van der Waals surface area contributed by atoms with Crippen molar-refractivity contribution in [2.75, 3.05) is 20.2 Å². The Balaban J connectivity index is 2.07. The third-order valence-electron chi connectivity index (χ3n) is 3.12. The molecule has 0 heterocycles. The Morgan fingerprint density at radius 1 is 1.35 bits per heavy atom. The highest BCUT2D eigenvalue weighted by molar-refractivity contribution is 5.74. The van der Waals surface area contributed by atoms with Crippen LogP contribution >= 0.6 is 0 Å². The van der Waals surface area contributed by atoms with Crippen LogP contribution in [-0.4, -0.2) is 42.9 Å². The van der Waals surface area contributed by atoms with Gasteiger partial charge in [0, 0.05) is 26.6 Å². The second-order valence-electron chi connectivity index (χ2n) is 4.35. The maximum absolute atomic E-state index is 11.4. The van der Waals surface area contributed by atoms with Crippen molar-refractivity contribution in [2.45, 2.75) is 37.7 Å². The van der Waals surface area contributed by atoms with E-state index in [-0.39, 0.29) is 18.1 Å². The van der Waals surface area contributed by atoms with E-state index < -0.39 is 5.97 Å². The van der Waals surface area contributed by atoms with Gasteiger partial charge >= 0.3 is 12.0 Å². The van der Waals surface area contributed by atoms with Crippen LogP contribution in [0, 0.1) is 0 Å². The van der Waals surface area contributed by atoms with Crippen LogP contribution in [0.4, 0.5) is 4.79 Å². The van der Waals surface area contributed by atoms with Gasteiger partial charge in [-0.05, 0) is 25.7 Å².